The second-order valence-electron chi connectivity index (χ2n) is 9.63. The van der Waals surface area contributed by atoms with Gasteiger partial charge in [-0.15, -0.1) is 0 Å². The first-order valence-electron chi connectivity index (χ1n) is 11.1. The normalized spacial score (nSPS) is 27.2. The van der Waals surface area contributed by atoms with Crippen molar-refractivity contribution >= 4 is 5.69 Å². The zero-order valence-electron chi connectivity index (χ0n) is 18.2. The van der Waals surface area contributed by atoms with Gasteiger partial charge in [0, 0.05) is 11.8 Å². The van der Waals surface area contributed by atoms with Crippen LogP contribution in [0.5, 0.6) is 5.75 Å². The number of fused-ring (bicyclic) bond motifs is 1. The van der Waals surface area contributed by atoms with Crippen LogP contribution in [0.25, 0.3) is 0 Å². The molecular formula is C24H37N2O3+. The zero-order valence-corrected chi connectivity index (χ0v) is 18.2. The summed E-state index contributed by atoms with van der Waals surface area (Å²) in [7, 11) is 1.71. The van der Waals surface area contributed by atoms with Crippen molar-refractivity contribution in [1.82, 2.24) is 0 Å². The monoisotopic (exact) mass is 401 g/mol. The predicted octanol–water partition coefficient (Wildman–Crippen LogP) is 1.77. The lowest BCUT2D eigenvalue weighted by Gasteiger charge is -2.56. The van der Waals surface area contributed by atoms with Gasteiger partial charge in [0.05, 0.1) is 46.5 Å². The van der Waals surface area contributed by atoms with Crippen LogP contribution in [0.15, 0.2) is 35.9 Å². The van der Waals surface area contributed by atoms with E-state index in [0.717, 1.165) is 44.4 Å². The summed E-state index contributed by atoms with van der Waals surface area (Å²) in [6, 6.07) is 8.26. The first-order chi connectivity index (χ1) is 14.0. The van der Waals surface area contributed by atoms with Gasteiger partial charge in [-0.1, -0.05) is 26.0 Å². The lowest BCUT2D eigenvalue weighted by atomic mass is 9.49. The number of anilines is 1. The predicted molar refractivity (Wildman–Crippen MR) is 116 cm³/mol. The maximum atomic E-state index is 10.5. The van der Waals surface area contributed by atoms with Gasteiger partial charge in [-0.2, -0.15) is 0 Å². The molecule has 1 saturated heterocycles. The number of aliphatic hydroxyl groups excluding tert-OH is 1. The minimum atomic E-state index is -0.389. The van der Waals surface area contributed by atoms with E-state index in [0.29, 0.717) is 24.5 Å². The van der Waals surface area contributed by atoms with E-state index in [4.69, 9.17) is 9.47 Å². The van der Waals surface area contributed by atoms with Crippen LogP contribution in [0.3, 0.4) is 0 Å². The molecule has 29 heavy (non-hydrogen) atoms. The molecule has 0 amide bonds. The van der Waals surface area contributed by atoms with Crippen molar-refractivity contribution in [1.29, 1.82) is 0 Å². The van der Waals surface area contributed by atoms with E-state index in [2.05, 4.69) is 37.0 Å². The van der Waals surface area contributed by atoms with E-state index in [-0.39, 0.29) is 6.10 Å². The molecule has 1 saturated carbocycles. The van der Waals surface area contributed by atoms with Crippen molar-refractivity contribution in [3.8, 4) is 5.75 Å². The van der Waals surface area contributed by atoms with E-state index < -0.39 is 0 Å². The topological polar surface area (TPSA) is 46.4 Å². The summed E-state index contributed by atoms with van der Waals surface area (Å²) in [5.41, 5.74) is 3.12. The third kappa shape index (κ3) is 4.47. The molecule has 5 heteroatoms. The Morgan fingerprint density at radius 1 is 1.28 bits per heavy atom. The molecule has 1 aromatic rings. The Labute approximate surface area is 175 Å². The van der Waals surface area contributed by atoms with Crippen LogP contribution < -0.4 is 14.5 Å². The van der Waals surface area contributed by atoms with Crippen molar-refractivity contribution < 1.29 is 19.5 Å². The third-order valence-corrected chi connectivity index (χ3v) is 7.57. The standard InChI is InChI=1S/C24H36N2O3/c1-24(2)19-8-7-18(23(24)13-19)16-29-17-21(27)15-25-9-11-26(12-10-25)20-5-4-6-22(14-20)28-3/h4-7,14,19,21,23,27H,8-13,15-17H2,1-3H3/p+1/t19-,21+,23-/m0/s1. The molecule has 3 aliphatic carbocycles. The largest absolute Gasteiger partial charge is 0.497 e. The SMILES string of the molecule is COc1cccc(N2CC[NH+](C[C@@H](O)COCC3=CC[C@H]4C[C@@H]3C4(C)C)CC2)c1. The van der Waals surface area contributed by atoms with Crippen molar-refractivity contribution in [2.24, 2.45) is 17.3 Å². The number of nitrogens with one attached hydrogen (secondary N) is 1. The number of nitrogens with zero attached hydrogens (tertiary/aromatic N) is 1. The number of rotatable bonds is 8. The fourth-order valence-corrected chi connectivity index (χ4v) is 5.44. The van der Waals surface area contributed by atoms with E-state index in [1.165, 1.54) is 29.0 Å². The lowest BCUT2D eigenvalue weighted by Crippen LogP contribution is -3.16. The Morgan fingerprint density at radius 2 is 2.07 bits per heavy atom. The maximum Gasteiger partial charge on any atom is 0.126 e. The molecule has 5 rings (SSSR count). The fraction of sp³-hybridized carbons (Fsp3) is 0.667. The van der Waals surface area contributed by atoms with Gasteiger partial charge in [-0.3, -0.25) is 0 Å². The van der Waals surface area contributed by atoms with Crippen LogP contribution in [0, 0.1) is 17.3 Å². The third-order valence-electron chi connectivity index (χ3n) is 7.57. The lowest BCUT2D eigenvalue weighted by molar-refractivity contribution is -0.903. The molecule has 3 atom stereocenters. The molecule has 4 aliphatic rings. The van der Waals surface area contributed by atoms with E-state index in [9.17, 15) is 5.11 Å². The summed E-state index contributed by atoms with van der Waals surface area (Å²) in [6.07, 6.45) is 4.53. The quantitative estimate of drug-likeness (QED) is 0.652. The summed E-state index contributed by atoms with van der Waals surface area (Å²) in [5, 5.41) is 10.5. The molecule has 0 radical (unpaired) electrons. The fourth-order valence-electron chi connectivity index (χ4n) is 5.44. The molecule has 0 unspecified atom stereocenters. The smallest absolute Gasteiger partial charge is 0.126 e. The van der Waals surface area contributed by atoms with Crippen LogP contribution in [-0.4, -0.2) is 64.3 Å². The molecule has 2 N–H and O–H groups in total. The van der Waals surface area contributed by atoms with Crippen LogP contribution in [-0.2, 0) is 4.74 Å². The van der Waals surface area contributed by atoms with Crippen molar-refractivity contribution in [2.75, 3.05) is 57.9 Å². The Balaban J connectivity index is 1.17. The van der Waals surface area contributed by atoms with E-state index in [1.807, 2.05) is 12.1 Å². The Morgan fingerprint density at radius 3 is 2.76 bits per heavy atom. The number of aliphatic hydroxyl groups is 1. The van der Waals surface area contributed by atoms with Crippen LogP contribution in [0.2, 0.25) is 0 Å². The number of hydrogen-bond donors (Lipinski definition) is 2. The van der Waals surface area contributed by atoms with Gasteiger partial charge in [0.15, 0.2) is 0 Å². The summed E-state index contributed by atoms with van der Waals surface area (Å²) in [5.74, 6) is 2.45. The molecule has 1 aromatic carbocycles. The highest BCUT2D eigenvalue weighted by atomic mass is 16.5. The van der Waals surface area contributed by atoms with Crippen LogP contribution in [0.4, 0.5) is 5.69 Å². The van der Waals surface area contributed by atoms with Gasteiger partial charge in [0.1, 0.15) is 18.4 Å². The number of ether oxygens (including phenoxy) is 2. The molecule has 160 valence electrons. The molecule has 2 fully saturated rings. The van der Waals surface area contributed by atoms with Crippen molar-refractivity contribution in [2.45, 2.75) is 32.8 Å². The Kier molecular flexibility index (Phi) is 6.19. The van der Waals surface area contributed by atoms with Crippen molar-refractivity contribution in [3.63, 3.8) is 0 Å². The number of methoxy groups -OCH3 is 1. The van der Waals surface area contributed by atoms with E-state index in [1.54, 1.807) is 7.11 Å². The number of piperazine rings is 1. The second-order valence-corrected chi connectivity index (χ2v) is 9.63. The van der Waals surface area contributed by atoms with E-state index >= 15 is 0 Å². The molecule has 5 nitrogen and oxygen atoms in total. The Hall–Kier alpha value is -1.56. The van der Waals surface area contributed by atoms with Crippen LogP contribution in [0.1, 0.15) is 26.7 Å². The van der Waals surface area contributed by atoms with Gasteiger partial charge in [-0.25, -0.2) is 0 Å². The van der Waals surface area contributed by atoms with Gasteiger partial charge in [0.25, 0.3) is 0 Å². The van der Waals surface area contributed by atoms with Gasteiger partial charge >= 0.3 is 0 Å². The molecular weight excluding hydrogens is 364 g/mol. The zero-order chi connectivity index (χ0) is 20.4. The van der Waals surface area contributed by atoms with Gasteiger partial charge in [-0.05, 0) is 47.8 Å². The first kappa shape index (κ1) is 20.7. The number of allylic oxidation sites excluding steroid dienone is 1. The molecule has 1 heterocycles. The number of quaternary nitrogens is 1. The average Bonchev–Trinajstić information content (AvgIpc) is 2.74. The molecule has 2 bridgehead atoms. The number of hydrogen-bond acceptors (Lipinski definition) is 4. The molecule has 1 aliphatic heterocycles. The Bertz CT molecular complexity index is 725. The molecule has 0 aromatic heterocycles. The van der Waals surface area contributed by atoms with Crippen molar-refractivity contribution in [3.05, 3.63) is 35.9 Å². The summed E-state index contributed by atoms with van der Waals surface area (Å²) >= 11 is 0. The summed E-state index contributed by atoms with van der Waals surface area (Å²) in [6.45, 7) is 10.8. The van der Waals surface area contributed by atoms with Gasteiger partial charge in [0.2, 0.25) is 0 Å². The first-order valence-corrected chi connectivity index (χ1v) is 11.1. The summed E-state index contributed by atoms with van der Waals surface area (Å²) in [4.78, 5) is 3.86. The number of benzene rings is 1. The highest BCUT2D eigenvalue weighted by Crippen LogP contribution is 2.59. The van der Waals surface area contributed by atoms with Crippen LogP contribution >= 0.6 is 0 Å². The minimum Gasteiger partial charge on any atom is -0.497 e. The second kappa shape index (κ2) is 8.66. The average molecular weight is 402 g/mol. The minimum absolute atomic E-state index is 0.389. The highest BCUT2D eigenvalue weighted by Gasteiger charge is 2.50. The summed E-state index contributed by atoms with van der Waals surface area (Å²) < 4.78 is 11.3. The highest BCUT2D eigenvalue weighted by molar-refractivity contribution is 5.50. The van der Waals surface area contributed by atoms with Gasteiger partial charge < -0.3 is 24.4 Å². The molecule has 0 spiro atoms. The maximum absolute atomic E-state index is 10.5.